The third-order valence-electron chi connectivity index (χ3n) is 1.55. The molecule has 0 N–H and O–H groups in total. The first-order valence-electron chi connectivity index (χ1n) is 3.68. The zero-order valence-electron chi connectivity index (χ0n) is 6.69. The van der Waals surface area contributed by atoms with Crippen molar-refractivity contribution in [3.05, 3.63) is 35.6 Å². The molecule has 0 atom stereocenters. The van der Waals surface area contributed by atoms with Crippen molar-refractivity contribution in [2.24, 2.45) is 0 Å². The molecule has 60 valence electrons. The summed E-state index contributed by atoms with van der Waals surface area (Å²) < 4.78 is 0. The summed E-state index contributed by atoms with van der Waals surface area (Å²) in [6, 6.07) is 2.12. The largest absolute Gasteiger partial charge is 0.261 e. The maximum absolute atomic E-state index is 4.21. The molecule has 2 heterocycles. The van der Waals surface area contributed by atoms with Crippen LogP contribution in [0.5, 0.6) is 0 Å². The van der Waals surface area contributed by atoms with Gasteiger partial charge >= 0.3 is 0 Å². The van der Waals surface area contributed by atoms with Crippen LogP contribution in [0.4, 0.5) is 0 Å². The fraction of sp³-hybridized carbons (Fsp3) is 0.111. The smallest absolute Gasteiger partial charge is 0.0984 e. The fourth-order valence-corrected chi connectivity index (χ4v) is 1.85. The Bertz CT molecular complexity index is 367. The van der Waals surface area contributed by atoms with E-state index >= 15 is 0 Å². The second-order valence-corrected chi connectivity index (χ2v) is 3.49. The predicted molar refractivity (Wildman–Crippen MR) is 50.1 cm³/mol. The second-order valence-electron chi connectivity index (χ2n) is 2.58. The van der Waals surface area contributed by atoms with Crippen molar-refractivity contribution in [2.75, 3.05) is 0 Å². The van der Waals surface area contributed by atoms with Crippen molar-refractivity contribution in [3.63, 3.8) is 0 Å². The number of nitrogens with zero attached hydrogens (tertiary/aromatic N) is 2. The third kappa shape index (κ3) is 1.36. The van der Waals surface area contributed by atoms with E-state index in [9.17, 15) is 0 Å². The van der Waals surface area contributed by atoms with Crippen LogP contribution in [-0.4, -0.2) is 9.97 Å². The van der Waals surface area contributed by atoms with Gasteiger partial charge in [-0.25, -0.2) is 0 Å². The zero-order chi connectivity index (χ0) is 8.39. The monoisotopic (exact) mass is 176 g/mol. The van der Waals surface area contributed by atoms with E-state index in [1.807, 2.05) is 0 Å². The van der Waals surface area contributed by atoms with Gasteiger partial charge in [-0.3, -0.25) is 9.97 Å². The van der Waals surface area contributed by atoms with Crippen molar-refractivity contribution in [3.8, 4) is 10.6 Å². The minimum absolute atomic E-state index is 0.954. The third-order valence-corrected chi connectivity index (χ3v) is 2.62. The quantitative estimate of drug-likeness (QED) is 0.667. The SMILES string of the molecule is Cc1csc(-c2cnccn2)c1. The molecule has 0 aliphatic carbocycles. The summed E-state index contributed by atoms with van der Waals surface area (Å²) in [5.41, 5.74) is 2.23. The lowest BCUT2D eigenvalue weighted by atomic mass is 10.3. The average Bonchev–Trinajstić information content (AvgIpc) is 2.54. The second kappa shape index (κ2) is 3.03. The molecule has 0 radical (unpaired) electrons. The van der Waals surface area contributed by atoms with Crippen LogP contribution in [0.3, 0.4) is 0 Å². The molecule has 2 rings (SSSR count). The molecule has 0 aliphatic rings. The summed E-state index contributed by atoms with van der Waals surface area (Å²) >= 11 is 1.70. The molecule has 0 unspecified atom stereocenters. The van der Waals surface area contributed by atoms with E-state index in [1.165, 1.54) is 10.4 Å². The van der Waals surface area contributed by atoms with E-state index in [-0.39, 0.29) is 0 Å². The van der Waals surface area contributed by atoms with E-state index in [1.54, 1.807) is 29.9 Å². The summed E-state index contributed by atoms with van der Waals surface area (Å²) in [5.74, 6) is 0. The first kappa shape index (κ1) is 7.43. The Hall–Kier alpha value is -1.22. The molecule has 2 nitrogen and oxygen atoms in total. The Labute approximate surface area is 74.9 Å². The number of aryl methyl sites for hydroxylation is 1. The van der Waals surface area contributed by atoms with Crippen LogP contribution in [0, 0.1) is 6.92 Å². The lowest BCUT2D eigenvalue weighted by Gasteiger charge is -1.91. The molecule has 2 aromatic rings. The van der Waals surface area contributed by atoms with Crippen LogP contribution in [-0.2, 0) is 0 Å². The molecular formula is C9H8N2S. The van der Waals surface area contributed by atoms with Crippen molar-refractivity contribution >= 4 is 11.3 Å². The molecule has 2 aromatic heterocycles. The maximum atomic E-state index is 4.21. The van der Waals surface area contributed by atoms with Crippen LogP contribution in [0.25, 0.3) is 10.6 Å². The van der Waals surface area contributed by atoms with Gasteiger partial charge < -0.3 is 0 Å². The molecule has 3 heteroatoms. The van der Waals surface area contributed by atoms with Crippen LogP contribution in [0.1, 0.15) is 5.56 Å². The van der Waals surface area contributed by atoms with E-state index < -0.39 is 0 Å². The molecule has 0 saturated heterocycles. The van der Waals surface area contributed by atoms with E-state index in [2.05, 4.69) is 28.3 Å². The Kier molecular flexibility index (Phi) is 1.87. The summed E-state index contributed by atoms with van der Waals surface area (Å²) in [6.07, 6.45) is 5.18. The van der Waals surface area contributed by atoms with Crippen LogP contribution in [0.15, 0.2) is 30.0 Å². The van der Waals surface area contributed by atoms with Gasteiger partial charge in [0.15, 0.2) is 0 Å². The first-order valence-corrected chi connectivity index (χ1v) is 4.56. The first-order chi connectivity index (χ1) is 5.86. The lowest BCUT2D eigenvalue weighted by molar-refractivity contribution is 1.21. The standard InChI is InChI=1S/C9H8N2S/c1-7-4-9(12-6-7)8-5-10-2-3-11-8/h2-6H,1H3. The van der Waals surface area contributed by atoms with Gasteiger partial charge in [-0.05, 0) is 23.9 Å². The van der Waals surface area contributed by atoms with Crippen LogP contribution < -0.4 is 0 Å². The molecule has 0 saturated carbocycles. The Balaban J connectivity index is 2.45. The summed E-state index contributed by atoms with van der Waals surface area (Å²) in [5, 5.41) is 2.12. The zero-order valence-corrected chi connectivity index (χ0v) is 7.51. The Morgan fingerprint density at radius 1 is 1.33 bits per heavy atom. The normalized spacial score (nSPS) is 10.1. The highest BCUT2D eigenvalue weighted by atomic mass is 32.1. The molecule has 0 aromatic carbocycles. The fourth-order valence-electron chi connectivity index (χ4n) is 0.992. The van der Waals surface area contributed by atoms with Gasteiger partial charge in [0, 0.05) is 12.4 Å². The molecule has 12 heavy (non-hydrogen) atoms. The highest BCUT2D eigenvalue weighted by Gasteiger charge is 1.99. The predicted octanol–water partition coefficient (Wildman–Crippen LogP) is 2.51. The molecule has 0 aliphatic heterocycles. The van der Waals surface area contributed by atoms with Gasteiger partial charge in [0.2, 0.25) is 0 Å². The van der Waals surface area contributed by atoms with E-state index in [0.29, 0.717) is 0 Å². The molecule has 0 amide bonds. The van der Waals surface area contributed by atoms with Crippen molar-refractivity contribution in [1.29, 1.82) is 0 Å². The van der Waals surface area contributed by atoms with E-state index in [0.717, 1.165) is 5.69 Å². The summed E-state index contributed by atoms with van der Waals surface area (Å²) in [7, 11) is 0. The van der Waals surface area contributed by atoms with Gasteiger partial charge in [-0.1, -0.05) is 0 Å². The van der Waals surface area contributed by atoms with Crippen molar-refractivity contribution in [2.45, 2.75) is 6.92 Å². The number of thiophene rings is 1. The highest BCUT2D eigenvalue weighted by molar-refractivity contribution is 7.13. The number of hydrogen-bond donors (Lipinski definition) is 0. The summed E-state index contributed by atoms with van der Waals surface area (Å²) in [4.78, 5) is 9.41. The van der Waals surface area contributed by atoms with Crippen LogP contribution in [0.2, 0.25) is 0 Å². The minimum Gasteiger partial charge on any atom is -0.261 e. The van der Waals surface area contributed by atoms with Gasteiger partial charge in [-0.15, -0.1) is 11.3 Å². The maximum Gasteiger partial charge on any atom is 0.0984 e. The minimum atomic E-state index is 0.954. The number of aromatic nitrogens is 2. The topological polar surface area (TPSA) is 25.8 Å². The van der Waals surface area contributed by atoms with Crippen molar-refractivity contribution < 1.29 is 0 Å². The highest BCUT2D eigenvalue weighted by Crippen LogP contribution is 2.23. The van der Waals surface area contributed by atoms with Crippen molar-refractivity contribution in [1.82, 2.24) is 9.97 Å². The molecule has 0 spiro atoms. The molecule has 0 fully saturated rings. The lowest BCUT2D eigenvalue weighted by Crippen LogP contribution is -1.79. The summed E-state index contributed by atoms with van der Waals surface area (Å²) in [6.45, 7) is 2.08. The molecular weight excluding hydrogens is 168 g/mol. The van der Waals surface area contributed by atoms with Gasteiger partial charge in [-0.2, -0.15) is 0 Å². The average molecular weight is 176 g/mol. The van der Waals surface area contributed by atoms with Crippen LogP contribution >= 0.6 is 11.3 Å². The van der Waals surface area contributed by atoms with E-state index in [4.69, 9.17) is 0 Å². The number of hydrogen-bond acceptors (Lipinski definition) is 3. The van der Waals surface area contributed by atoms with Gasteiger partial charge in [0.1, 0.15) is 0 Å². The van der Waals surface area contributed by atoms with Gasteiger partial charge in [0.05, 0.1) is 16.8 Å². The Morgan fingerprint density at radius 2 is 2.25 bits per heavy atom. The molecule has 0 bridgehead atoms. The van der Waals surface area contributed by atoms with Gasteiger partial charge in [0.25, 0.3) is 0 Å². The number of rotatable bonds is 1. The Morgan fingerprint density at radius 3 is 2.83 bits per heavy atom.